The number of para-hydroxylation sites is 1. The molecule has 5 rings (SSSR count). The van der Waals surface area contributed by atoms with E-state index in [9.17, 15) is 14.7 Å². The average molecular weight is 474 g/mol. The highest BCUT2D eigenvalue weighted by Crippen LogP contribution is 2.42. The lowest BCUT2D eigenvalue weighted by molar-refractivity contribution is -0.117. The molecule has 1 aliphatic heterocycles. The Morgan fingerprint density at radius 1 is 1.17 bits per heavy atom. The van der Waals surface area contributed by atoms with Gasteiger partial charge in [-0.1, -0.05) is 29.4 Å². The van der Waals surface area contributed by atoms with Crippen molar-refractivity contribution < 1.29 is 33.1 Å². The van der Waals surface area contributed by atoms with Crippen molar-refractivity contribution in [1.82, 2.24) is 5.16 Å². The first kappa shape index (κ1) is 22.3. The number of furan rings is 1. The lowest BCUT2D eigenvalue weighted by Gasteiger charge is -2.24. The number of aliphatic hydroxyl groups excluding tert-OH is 1. The van der Waals surface area contributed by atoms with E-state index in [-0.39, 0.29) is 17.2 Å². The van der Waals surface area contributed by atoms with E-state index >= 15 is 0 Å². The summed E-state index contributed by atoms with van der Waals surface area (Å²) in [5, 5.41) is 15.5. The van der Waals surface area contributed by atoms with Crippen molar-refractivity contribution in [1.29, 1.82) is 0 Å². The quantitative estimate of drug-likeness (QED) is 0.375. The van der Waals surface area contributed by atoms with Gasteiger partial charge in [0.1, 0.15) is 11.5 Å². The number of hydrogen-bond donors (Lipinski definition) is 1. The molecule has 0 saturated carbocycles. The van der Waals surface area contributed by atoms with Crippen molar-refractivity contribution in [2.75, 3.05) is 18.6 Å². The number of rotatable bonds is 7. The van der Waals surface area contributed by atoms with Crippen LogP contribution in [0.25, 0.3) is 11.0 Å². The molecule has 4 aromatic rings. The molecule has 1 atom stereocenters. The molecule has 2 aromatic carbocycles. The van der Waals surface area contributed by atoms with Gasteiger partial charge < -0.3 is 23.5 Å². The highest BCUT2D eigenvalue weighted by atomic mass is 16.5. The molecule has 1 unspecified atom stereocenters. The number of anilines is 1. The van der Waals surface area contributed by atoms with Gasteiger partial charge in [-0.25, -0.2) is 0 Å². The summed E-state index contributed by atoms with van der Waals surface area (Å²) < 4.78 is 21.8. The van der Waals surface area contributed by atoms with E-state index in [1.165, 1.54) is 12.0 Å². The SMILES string of the molecule is CCOc1ccc(C2C(C(=O)c3cc4cccc(OC)c4o3)=C(O)C(=O)N2c2cc(C)on2)cc1. The van der Waals surface area contributed by atoms with Gasteiger partial charge in [0.15, 0.2) is 28.7 Å². The summed E-state index contributed by atoms with van der Waals surface area (Å²) in [7, 11) is 1.50. The van der Waals surface area contributed by atoms with Crippen molar-refractivity contribution >= 4 is 28.5 Å². The maximum atomic E-state index is 13.7. The molecule has 35 heavy (non-hydrogen) atoms. The Morgan fingerprint density at radius 3 is 2.60 bits per heavy atom. The number of Topliss-reactive ketones (excluding diaryl/α,β-unsaturated/α-hetero) is 1. The van der Waals surface area contributed by atoms with Gasteiger partial charge in [-0.15, -0.1) is 0 Å². The van der Waals surface area contributed by atoms with Crippen molar-refractivity contribution in [2.24, 2.45) is 0 Å². The van der Waals surface area contributed by atoms with Crippen LogP contribution in [0.2, 0.25) is 0 Å². The molecule has 1 aliphatic rings. The van der Waals surface area contributed by atoms with Crippen LogP contribution in [0.3, 0.4) is 0 Å². The van der Waals surface area contributed by atoms with Crippen LogP contribution in [0, 0.1) is 6.92 Å². The molecule has 0 radical (unpaired) electrons. The van der Waals surface area contributed by atoms with Gasteiger partial charge in [0.2, 0.25) is 5.78 Å². The molecule has 0 aliphatic carbocycles. The minimum absolute atomic E-state index is 0.0343. The van der Waals surface area contributed by atoms with Gasteiger partial charge >= 0.3 is 0 Å². The van der Waals surface area contributed by atoms with Crippen LogP contribution in [0.15, 0.2) is 74.9 Å². The van der Waals surface area contributed by atoms with E-state index in [2.05, 4.69) is 5.16 Å². The van der Waals surface area contributed by atoms with Crippen LogP contribution in [0.4, 0.5) is 5.82 Å². The topological polar surface area (TPSA) is 115 Å². The number of carbonyl (C=O) groups is 2. The molecule has 0 saturated heterocycles. The Labute approximate surface area is 200 Å². The summed E-state index contributed by atoms with van der Waals surface area (Å²) in [6, 6.07) is 14.4. The second-order valence-corrected chi connectivity index (χ2v) is 7.96. The van der Waals surface area contributed by atoms with Crippen LogP contribution in [-0.2, 0) is 4.79 Å². The molecule has 0 spiro atoms. The Morgan fingerprint density at radius 2 is 1.94 bits per heavy atom. The third kappa shape index (κ3) is 3.71. The van der Waals surface area contributed by atoms with Gasteiger partial charge in [-0.2, -0.15) is 0 Å². The van der Waals surface area contributed by atoms with Crippen LogP contribution in [-0.4, -0.2) is 35.7 Å². The number of aryl methyl sites for hydroxylation is 1. The number of aliphatic hydroxyl groups is 1. The first-order chi connectivity index (χ1) is 16.9. The van der Waals surface area contributed by atoms with Crippen molar-refractivity contribution in [3.05, 3.63) is 83.0 Å². The minimum atomic E-state index is -0.967. The fourth-order valence-electron chi connectivity index (χ4n) is 4.21. The highest BCUT2D eigenvalue weighted by Gasteiger charge is 2.46. The number of amides is 1. The number of hydrogen-bond acceptors (Lipinski definition) is 8. The van der Waals surface area contributed by atoms with E-state index in [1.807, 2.05) is 6.92 Å². The smallest absolute Gasteiger partial charge is 0.295 e. The molecule has 1 amide bonds. The van der Waals surface area contributed by atoms with Gasteiger partial charge in [0.25, 0.3) is 5.91 Å². The number of carbonyl (C=O) groups excluding carboxylic acids is 2. The maximum absolute atomic E-state index is 13.7. The molecule has 9 heteroatoms. The van der Waals surface area contributed by atoms with Crippen LogP contribution < -0.4 is 14.4 Å². The zero-order valence-corrected chi connectivity index (χ0v) is 19.3. The summed E-state index contributed by atoms with van der Waals surface area (Å²) in [6.45, 7) is 4.05. The van der Waals surface area contributed by atoms with Crippen LogP contribution >= 0.6 is 0 Å². The van der Waals surface area contributed by atoms with Crippen molar-refractivity contribution in [2.45, 2.75) is 19.9 Å². The molecule has 0 fully saturated rings. The van der Waals surface area contributed by atoms with E-state index < -0.39 is 23.5 Å². The Hall–Kier alpha value is -4.53. The standard InChI is InChI=1S/C26H22N2O7/c1-4-33-17-10-8-15(9-11-17)22-21(24(30)26(31)28(22)20-12-14(2)35-27-20)23(29)19-13-16-6-5-7-18(32-3)25(16)34-19/h5-13,22,30H,4H2,1-3H3. The summed E-state index contributed by atoms with van der Waals surface area (Å²) in [4.78, 5) is 28.1. The van der Waals surface area contributed by atoms with Crippen LogP contribution in [0.1, 0.15) is 34.8 Å². The number of ketones is 1. The summed E-state index contributed by atoms with van der Waals surface area (Å²) in [5.41, 5.74) is 0.839. The van der Waals surface area contributed by atoms with E-state index in [0.717, 1.165) is 0 Å². The number of ether oxygens (including phenoxy) is 2. The monoisotopic (exact) mass is 474 g/mol. The summed E-state index contributed by atoms with van der Waals surface area (Å²) in [5.74, 6) is -0.367. The van der Waals surface area contributed by atoms with E-state index in [1.54, 1.807) is 61.5 Å². The van der Waals surface area contributed by atoms with Gasteiger partial charge in [0.05, 0.1) is 25.3 Å². The summed E-state index contributed by atoms with van der Waals surface area (Å²) in [6.07, 6.45) is 0. The third-order valence-electron chi connectivity index (χ3n) is 5.77. The zero-order chi connectivity index (χ0) is 24.7. The first-order valence-corrected chi connectivity index (χ1v) is 11.0. The summed E-state index contributed by atoms with van der Waals surface area (Å²) >= 11 is 0. The van der Waals surface area contributed by atoms with Gasteiger partial charge in [0, 0.05) is 11.5 Å². The number of aromatic nitrogens is 1. The maximum Gasteiger partial charge on any atom is 0.295 e. The lowest BCUT2D eigenvalue weighted by atomic mass is 9.95. The predicted molar refractivity (Wildman–Crippen MR) is 126 cm³/mol. The Kier molecular flexibility index (Phi) is 5.52. The lowest BCUT2D eigenvalue weighted by Crippen LogP contribution is -2.31. The van der Waals surface area contributed by atoms with Gasteiger partial charge in [-0.05, 0) is 43.7 Å². The van der Waals surface area contributed by atoms with E-state index in [0.29, 0.717) is 40.4 Å². The number of methoxy groups -OCH3 is 1. The fraction of sp³-hybridized carbons (Fsp3) is 0.192. The minimum Gasteiger partial charge on any atom is -0.503 e. The molecule has 178 valence electrons. The number of benzene rings is 2. The molecule has 3 heterocycles. The highest BCUT2D eigenvalue weighted by molar-refractivity contribution is 6.20. The average Bonchev–Trinajstić information content (AvgIpc) is 3.55. The zero-order valence-electron chi connectivity index (χ0n) is 19.3. The van der Waals surface area contributed by atoms with Crippen LogP contribution in [0.5, 0.6) is 11.5 Å². The Bertz CT molecular complexity index is 1460. The number of nitrogens with zero attached hydrogens (tertiary/aromatic N) is 2. The van der Waals surface area contributed by atoms with Gasteiger partial charge in [-0.3, -0.25) is 14.5 Å². The first-order valence-electron chi connectivity index (χ1n) is 11.0. The second kappa shape index (κ2) is 8.68. The molecular weight excluding hydrogens is 452 g/mol. The second-order valence-electron chi connectivity index (χ2n) is 7.96. The number of fused-ring (bicyclic) bond motifs is 1. The normalized spacial score (nSPS) is 15.8. The Balaban J connectivity index is 1.63. The third-order valence-corrected chi connectivity index (χ3v) is 5.77. The molecule has 0 bridgehead atoms. The largest absolute Gasteiger partial charge is 0.503 e. The molecule has 1 N–H and O–H groups in total. The molecular formula is C26H22N2O7. The fourth-order valence-corrected chi connectivity index (χ4v) is 4.21. The van der Waals surface area contributed by atoms with Crippen molar-refractivity contribution in [3.63, 3.8) is 0 Å². The molecule has 2 aromatic heterocycles. The van der Waals surface area contributed by atoms with E-state index in [4.69, 9.17) is 18.4 Å². The predicted octanol–water partition coefficient (Wildman–Crippen LogP) is 4.92. The molecule has 9 nitrogen and oxygen atoms in total. The van der Waals surface area contributed by atoms with Crippen molar-refractivity contribution in [3.8, 4) is 11.5 Å².